The molecule has 0 aliphatic heterocycles. The van der Waals surface area contributed by atoms with Crippen LogP contribution in [0.4, 0.5) is 11.4 Å². The first-order valence-electron chi connectivity index (χ1n) is 6.35. The minimum Gasteiger partial charge on any atom is -0.481 e. The Morgan fingerprint density at radius 2 is 2.00 bits per heavy atom. The number of amides is 1. The minimum absolute atomic E-state index is 0.0517. The zero-order valence-electron chi connectivity index (χ0n) is 11.6. The molecular formula is C13H17N3O5. The Morgan fingerprint density at radius 3 is 2.62 bits per heavy atom. The van der Waals surface area contributed by atoms with Crippen LogP contribution in [0, 0.1) is 10.1 Å². The fourth-order valence-electron chi connectivity index (χ4n) is 1.67. The quantitative estimate of drug-likeness (QED) is 0.552. The summed E-state index contributed by atoms with van der Waals surface area (Å²) in [4.78, 5) is 33.8. The summed E-state index contributed by atoms with van der Waals surface area (Å²) in [5.74, 6) is -1.19. The van der Waals surface area contributed by atoms with Crippen molar-refractivity contribution in [3.8, 4) is 0 Å². The smallest absolute Gasteiger partial charge is 0.305 e. The highest BCUT2D eigenvalue weighted by Crippen LogP contribution is 2.22. The Labute approximate surface area is 121 Å². The van der Waals surface area contributed by atoms with Gasteiger partial charge in [0.2, 0.25) is 5.91 Å². The van der Waals surface area contributed by atoms with Gasteiger partial charge in [0.05, 0.1) is 11.3 Å². The molecule has 0 unspecified atom stereocenters. The van der Waals surface area contributed by atoms with E-state index in [0.717, 1.165) is 0 Å². The lowest BCUT2D eigenvalue weighted by atomic mass is 10.2. The molecule has 0 aromatic heterocycles. The first-order chi connectivity index (χ1) is 9.91. The van der Waals surface area contributed by atoms with E-state index in [1.54, 1.807) is 18.2 Å². The van der Waals surface area contributed by atoms with E-state index >= 15 is 0 Å². The number of hydrogen-bond donors (Lipinski definition) is 2. The topological polar surface area (TPSA) is 113 Å². The number of carbonyl (C=O) groups excluding carboxylic acids is 1. The van der Waals surface area contributed by atoms with Crippen molar-refractivity contribution < 1.29 is 19.6 Å². The molecule has 0 aliphatic rings. The van der Waals surface area contributed by atoms with Crippen LogP contribution in [0.3, 0.4) is 0 Å². The molecule has 1 amide bonds. The van der Waals surface area contributed by atoms with E-state index in [9.17, 15) is 19.7 Å². The van der Waals surface area contributed by atoms with Crippen molar-refractivity contribution in [2.75, 3.05) is 25.5 Å². The van der Waals surface area contributed by atoms with Gasteiger partial charge in [-0.2, -0.15) is 0 Å². The summed E-state index contributed by atoms with van der Waals surface area (Å²) < 4.78 is 0. The number of hydrogen-bond acceptors (Lipinski definition) is 5. The molecule has 0 aliphatic carbocycles. The second-order valence-electron chi connectivity index (χ2n) is 4.41. The number of benzene rings is 1. The average molecular weight is 295 g/mol. The number of nitro benzene ring substituents is 1. The molecule has 0 fully saturated rings. The maximum Gasteiger partial charge on any atom is 0.305 e. The highest BCUT2D eigenvalue weighted by molar-refractivity contribution is 5.77. The molecule has 0 spiro atoms. The molecule has 8 heteroatoms. The first kappa shape index (κ1) is 16.4. The zero-order chi connectivity index (χ0) is 15.8. The van der Waals surface area contributed by atoms with Crippen LogP contribution in [0.1, 0.15) is 12.8 Å². The Balaban J connectivity index is 2.45. The molecule has 0 saturated carbocycles. The molecule has 0 heterocycles. The summed E-state index contributed by atoms with van der Waals surface area (Å²) in [6.45, 7) is 0.376. The number of nitrogens with one attached hydrogen (secondary N) is 1. The van der Waals surface area contributed by atoms with Crippen molar-refractivity contribution in [2.45, 2.75) is 12.8 Å². The van der Waals surface area contributed by atoms with E-state index in [1.165, 1.54) is 18.0 Å². The van der Waals surface area contributed by atoms with Crippen LogP contribution in [0.15, 0.2) is 24.3 Å². The monoisotopic (exact) mass is 295 g/mol. The number of nitro groups is 1. The summed E-state index contributed by atoms with van der Waals surface area (Å²) in [6.07, 6.45) is 0.0159. The molecule has 114 valence electrons. The van der Waals surface area contributed by atoms with Crippen LogP contribution in [-0.4, -0.2) is 46.9 Å². The van der Waals surface area contributed by atoms with Crippen LogP contribution >= 0.6 is 0 Å². The number of anilines is 1. The lowest BCUT2D eigenvalue weighted by molar-refractivity contribution is -0.384. The van der Waals surface area contributed by atoms with Gasteiger partial charge in [0.1, 0.15) is 5.69 Å². The number of nitrogens with zero attached hydrogens (tertiary/aromatic N) is 2. The number of aliphatic carboxylic acids is 1. The summed E-state index contributed by atoms with van der Waals surface area (Å²) in [7, 11) is 1.52. The van der Waals surface area contributed by atoms with Crippen molar-refractivity contribution in [1.29, 1.82) is 0 Å². The minimum atomic E-state index is -0.965. The van der Waals surface area contributed by atoms with Gasteiger partial charge in [-0.15, -0.1) is 0 Å². The van der Waals surface area contributed by atoms with Crippen molar-refractivity contribution in [3.63, 3.8) is 0 Å². The highest BCUT2D eigenvalue weighted by atomic mass is 16.6. The Bertz CT molecular complexity index is 532. The van der Waals surface area contributed by atoms with Crippen molar-refractivity contribution in [2.24, 2.45) is 0 Å². The fourth-order valence-corrected chi connectivity index (χ4v) is 1.67. The van der Waals surface area contributed by atoms with E-state index in [0.29, 0.717) is 5.69 Å². The third kappa shape index (κ3) is 5.47. The zero-order valence-corrected chi connectivity index (χ0v) is 11.6. The Morgan fingerprint density at radius 1 is 1.33 bits per heavy atom. The van der Waals surface area contributed by atoms with Crippen LogP contribution < -0.4 is 5.32 Å². The number of carboxylic acid groups (broad SMARTS) is 1. The number of carbonyl (C=O) groups is 2. The summed E-state index contributed by atoms with van der Waals surface area (Å²) in [6, 6.07) is 6.17. The van der Waals surface area contributed by atoms with Crippen LogP contribution in [0.2, 0.25) is 0 Å². The largest absolute Gasteiger partial charge is 0.481 e. The maximum atomic E-state index is 11.7. The summed E-state index contributed by atoms with van der Waals surface area (Å²) >= 11 is 0. The Hall–Kier alpha value is -2.64. The van der Waals surface area contributed by atoms with E-state index in [4.69, 9.17) is 5.11 Å². The third-order valence-corrected chi connectivity index (χ3v) is 2.84. The fraction of sp³-hybridized carbons (Fsp3) is 0.385. The highest BCUT2D eigenvalue weighted by Gasteiger charge is 2.13. The van der Waals surface area contributed by atoms with Crippen molar-refractivity contribution in [3.05, 3.63) is 34.4 Å². The molecule has 1 aromatic rings. The molecular weight excluding hydrogens is 278 g/mol. The van der Waals surface area contributed by atoms with Gasteiger partial charge in [-0.1, -0.05) is 12.1 Å². The summed E-state index contributed by atoms with van der Waals surface area (Å²) in [5, 5.41) is 22.2. The van der Waals surface area contributed by atoms with E-state index in [-0.39, 0.29) is 37.5 Å². The molecule has 0 atom stereocenters. The predicted molar refractivity (Wildman–Crippen MR) is 76.1 cm³/mol. The van der Waals surface area contributed by atoms with Gasteiger partial charge in [-0.05, 0) is 6.07 Å². The van der Waals surface area contributed by atoms with Crippen molar-refractivity contribution >= 4 is 23.3 Å². The lowest BCUT2D eigenvalue weighted by Crippen LogP contribution is -2.30. The van der Waals surface area contributed by atoms with Crippen LogP contribution in [-0.2, 0) is 9.59 Å². The SMILES string of the molecule is CN(CCC(=O)O)C(=O)CCNc1ccccc1[N+](=O)[O-]. The van der Waals surface area contributed by atoms with E-state index in [2.05, 4.69) is 5.32 Å². The maximum absolute atomic E-state index is 11.7. The van der Waals surface area contributed by atoms with Gasteiger partial charge in [-0.3, -0.25) is 19.7 Å². The molecule has 1 rings (SSSR count). The van der Waals surface area contributed by atoms with E-state index in [1.807, 2.05) is 0 Å². The van der Waals surface area contributed by atoms with Gasteiger partial charge < -0.3 is 15.3 Å². The van der Waals surface area contributed by atoms with Crippen molar-refractivity contribution in [1.82, 2.24) is 4.90 Å². The normalized spacial score (nSPS) is 9.95. The lowest BCUT2D eigenvalue weighted by Gasteiger charge is -2.16. The molecule has 0 bridgehead atoms. The third-order valence-electron chi connectivity index (χ3n) is 2.84. The summed E-state index contributed by atoms with van der Waals surface area (Å²) in [5.41, 5.74) is 0.299. The second-order valence-corrected chi connectivity index (χ2v) is 4.41. The van der Waals surface area contributed by atoms with Crippen LogP contribution in [0.5, 0.6) is 0 Å². The van der Waals surface area contributed by atoms with Crippen LogP contribution in [0.25, 0.3) is 0 Å². The Kier molecular flexibility index (Phi) is 6.12. The number of rotatable bonds is 8. The molecule has 0 radical (unpaired) electrons. The second kappa shape index (κ2) is 7.83. The first-order valence-corrected chi connectivity index (χ1v) is 6.35. The molecule has 8 nitrogen and oxygen atoms in total. The molecule has 21 heavy (non-hydrogen) atoms. The van der Waals surface area contributed by atoms with Gasteiger partial charge in [0.25, 0.3) is 5.69 Å². The number of carboxylic acids is 1. The average Bonchev–Trinajstić information content (AvgIpc) is 2.44. The van der Waals surface area contributed by atoms with E-state index < -0.39 is 10.9 Å². The van der Waals surface area contributed by atoms with Gasteiger partial charge in [-0.25, -0.2) is 0 Å². The van der Waals surface area contributed by atoms with Gasteiger partial charge >= 0.3 is 5.97 Å². The molecule has 1 aromatic carbocycles. The van der Waals surface area contributed by atoms with Gasteiger partial charge in [0.15, 0.2) is 0 Å². The predicted octanol–water partition coefficient (Wildman–Crippen LogP) is 1.33. The molecule has 0 saturated heterocycles. The van der Waals surface area contributed by atoms with Gasteiger partial charge in [0, 0.05) is 32.6 Å². The standard InChI is InChI=1S/C13H17N3O5/c1-15(9-7-13(18)19)12(17)6-8-14-10-4-2-3-5-11(10)16(20)21/h2-5,14H,6-9H2,1H3,(H,18,19). The molecule has 2 N–H and O–H groups in total. The number of para-hydroxylation sites is 2.